The van der Waals surface area contributed by atoms with Crippen molar-refractivity contribution in [2.75, 3.05) is 0 Å². The molecular formula is C28H30O4. The molecule has 0 unspecified atom stereocenters. The van der Waals surface area contributed by atoms with Gasteiger partial charge in [0.1, 0.15) is 11.5 Å². The van der Waals surface area contributed by atoms with Crippen molar-refractivity contribution in [2.24, 2.45) is 0 Å². The Morgan fingerprint density at radius 3 is 1.41 bits per heavy atom. The predicted octanol–water partition coefficient (Wildman–Crippen LogP) is 6.50. The summed E-state index contributed by atoms with van der Waals surface area (Å²) in [7, 11) is 0. The van der Waals surface area contributed by atoms with Crippen LogP contribution in [0.25, 0.3) is 11.1 Å². The van der Waals surface area contributed by atoms with Gasteiger partial charge in [0.15, 0.2) is 0 Å². The van der Waals surface area contributed by atoms with Crippen LogP contribution in [0.2, 0.25) is 0 Å². The number of esters is 2. The second-order valence-corrected chi connectivity index (χ2v) is 7.22. The van der Waals surface area contributed by atoms with Crippen LogP contribution in [-0.2, 0) is 22.4 Å². The van der Waals surface area contributed by atoms with Gasteiger partial charge >= 0.3 is 11.9 Å². The lowest BCUT2D eigenvalue weighted by atomic mass is 9.89. The largest absolute Gasteiger partial charge is 0.426 e. The van der Waals surface area contributed by atoms with Crippen molar-refractivity contribution in [3.63, 3.8) is 0 Å². The van der Waals surface area contributed by atoms with Crippen LogP contribution in [0.15, 0.2) is 73.9 Å². The molecule has 4 nitrogen and oxygen atoms in total. The molecule has 2 aromatic carbocycles. The molecule has 0 bridgehead atoms. The second-order valence-electron chi connectivity index (χ2n) is 7.22. The fourth-order valence-corrected chi connectivity index (χ4v) is 3.59. The summed E-state index contributed by atoms with van der Waals surface area (Å²) >= 11 is 0. The molecule has 166 valence electrons. The van der Waals surface area contributed by atoms with Crippen LogP contribution in [0.3, 0.4) is 0 Å². The van der Waals surface area contributed by atoms with Crippen molar-refractivity contribution in [1.29, 1.82) is 0 Å². The van der Waals surface area contributed by atoms with E-state index in [9.17, 15) is 9.59 Å². The Hall–Kier alpha value is -3.66. The number of carbonyl (C=O) groups is 2. The van der Waals surface area contributed by atoms with E-state index in [2.05, 4.69) is 25.3 Å². The highest BCUT2D eigenvalue weighted by atomic mass is 16.5. The van der Waals surface area contributed by atoms with Crippen LogP contribution in [-0.4, -0.2) is 11.9 Å². The lowest BCUT2D eigenvalue weighted by Crippen LogP contribution is -2.05. The monoisotopic (exact) mass is 430 g/mol. The second kappa shape index (κ2) is 11.7. The zero-order valence-corrected chi connectivity index (χ0v) is 19.2. The van der Waals surface area contributed by atoms with Crippen LogP contribution in [0.5, 0.6) is 11.5 Å². The SMILES string of the molecule is C=CCc1cc(C(=C/C)/C(=C/C)c2ccc(OC(C)=O)c(CC=C)c2)ccc1OC(C)=O. The predicted molar refractivity (Wildman–Crippen MR) is 131 cm³/mol. The van der Waals surface area contributed by atoms with Gasteiger partial charge in [-0.05, 0) is 84.4 Å². The van der Waals surface area contributed by atoms with Crippen molar-refractivity contribution < 1.29 is 19.1 Å². The number of hydrogen-bond acceptors (Lipinski definition) is 4. The average Bonchev–Trinajstić information content (AvgIpc) is 2.74. The van der Waals surface area contributed by atoms with E-state index >= 15 is 0 Å². The first-order chi connectivity index (χ1) is 15.3. The van der Waals surface area contributed by atoms with E-state index in [1.165, 1.54) is 13.8 Å². The summed E-state index contributed by atoms with van der Waals surface area (Å²) in [4.78, 5) is 22.9. The molecule has 0 amide bonds. The summed E-state index contributed by atoms with van der Waals surface area (Å²) in [6.45, 7) is 14.4. The molecule has 0 saturated carbocycles. The summed E-state index contributed by atoms with van der Waals surface area (Å²) in [5.74, 6) is 0.368. The summed E-state index contributed by atoms with van der Waals surface area (Å²) in [5, 5.41) is 0. The normalized spacial score (nSPS) is 11.6. The van der Waals surface area contributed by atoms with E-state index in [1.54, 1.807) is 12.2 Å². The van der Waals surface area contributed by atoms with E-state index in [0.29, 0.717) is 24.3 Å². The molecule has 0 aliphatic carbocycles. The molecule has 0 spiro atoms. The van der Waals surface area contributed by atoms with Crippen LogP contribution in [0.1, 0.15) is 49.9 Å². The van der Waals surface area contributed by atoms with Gasteiger partial charge in [-0.3, -0.25) is 9.59 Å². The van der Waals surface area contributed by atoms with E-state index in [0.717, 1.165) is 33.4 Å². The molecule has 2 aromatic rings. The Morgan fingerprint density at radius 1 is 0.750 bits per heavy atom. The van der Waals surface area contributed by atoms with Crippen molar-refractivity contribution in [3.05, 3.63) is 96.1 Å². The molecule has 0 N–H and O–H groups in total. The minimum atomic E-state index is -0.355. The number of allylic oxidation sites excluding steroid dienone is 6. The minimum Gasteiger partial charge on any atom is -0.426 e. The van der Waals surface area contributed by atoms with Crippen LogP contribution in [0, 0.1) is 0 Å². The molecule has 0 radical (unpaired) electrons. The van der Waals surface area contributed by atoms with Crippen LogP contribution < -0.4 is 9.47 Å². The van der Waals surface area contributed by atoms with Gasteiger partial charge in [-0.15, -0.1) is 13.2 Å². The van der Waals surface area contributed by atoms with Gasteiger partial charge < -0.3 is 9.47 Å². The van der Waals surface area contributed by atoms with Crippen molar-refractivity contribution in [3.8, 4) is 11.5 Å². The summed E-state index contributed by atoms with van der Waals surface area (Å²) in [5.41, 5.74) is 5.86. The topological polar surface area (TPSA) is 52.6 Å². The zero-order valence-electron chi connectivity index (χ0n) is 19.2. The van der Waals surface area contributed by atoms with Crippen LogP contribution >= 0.6 is 0 Å². The molecular weight excluding hydrogens is 400 g/mol. The van der Waals surface area contributed by atoms with Crippen molar-refractivity contribution in [2.45, 2.75) is 40.5 Å². The van der Waals surface area contributed by atoms with E-state index in [4.69, 9.17) is 9.47 Å². The van der Waals surface area contributed by atoms with Gasteiger partial charge in [-0.25, -0.2) is 0 Å². The fraction of sp³-hybridized carbons (Fsp3) is 0.214. The first kappa shape index (κ1) is 24.6. The molecule has 0 aliphatic heterocycles. The molecule has 4 heteroatoms. The highest BCUT2D eigenvalue weighted by molar-refractivity contribution is 6.05. The molecule has 0 heterocycles. The lowest BCUT2D eigenvalue weighted by Gasteiger charge is -2.17. The Bertz CT molecular complexity index is 999. The third kappa shape index (κ3) is 6.17. The molecule has 0 atom stereocenters. The molecule has 0 fully saturated rings. The smallest absolute Gasteiger partial charge is 0.308 e. The van der Waals surface area contributed by atoms with Gasteiger partial charge in [0.2, 0.25) is 0 Å². The van der Waals surface area contributed by atoms with Crippen molar-refractivity contribution in [1.82, 2.24) is 0 Å². The fourth-order valence-electron chi connectivity index (χ4n) is 3.59. The number of hydrogen-bond donors (Lipinski definition) is 0. The van der Waals surface area contributed by atoms with Gasteiger partial charge in [-0.2, -0.15) is 0 Å². The van der Waals surface area contributed by atoms with E-state index < -0.39 is 0 Å². The Balaban J connectivity index is 2.53. The van der Waals surface area contributed by atoms with E-state index in [1.807, 2.05) is 50.2 Å². The van der Waals surface area contributed by atoms with Crippen molar-refractivity contribution >= 4 is 23.1 Å². The minimum absolute atomic E-state index is 0.355. The van der Waals surface area contributed by atoms with E-state index in [-0.39, 0.29) is 11.9 Å². The summed E-state index contributed by atoms with van der Waals surface area (Å²) in [6.07, 6.45) is 8.85. The third-order valence-corrected chi connectivity index (χ3v) is 4.85. The quantitative estimate of drug-likeness (QED) is 0.197. The van der Waals surface area contributed by atoms with Gasteiger partial charge in [0.25, 0.3) is 0 Å². The molecule has 32 heavy (non-hydrogen) atoms. The highest BCUT2D eigenvalue weighted by Crippen LogP contribution is 2.36. The van der Waals surface area contributed by atoms with Gasteiger partial charge in [0, 0.05) is 13.8 Å². The number of benzene rings is 2. The molecule has 0 aliphatic rings. The van der Waals surface area contributed by atoms with Crippen LogP contribution in [0.4, 0.5) is 0 Å². The molecule has 0 saturated heterocycles. The van der Waals surface area contributed by atoms with Gasteiger partial charge in [0.05, 0.1) is 0 Å². The average molecular weight is 431 g/mol. The summed E-state index contributed by atoms with van der Waals surface area (Å²) < 4.78 is 10.7. The lowest BCUT2D eigenvalue weighted by molar-refractivity contribution is -0.132. The molecule has 0 aromatic heterocycles. The first-order valence-electron chi connectivity index (χ1n) is 10.5. The zero-order chi connectivity index (χ0) is 23.7. The Morgan fingerprint density at radius 2 is 1.12 bits per heavy atom. The maximum absolute atomic E-state index is 11.5. The Kier molecular flexibility index (Phi) is 8.96. The molecule has 2 rings (SSSR count). The first-order valence-corrected chi connectivity index (χ1v) is 10.5. The highest BCUT2D eigenvalue weighted by Gasteiger charge is 2.15. The third-order valence-electron chi connectivity index (χ3n) is 4.85. The number of carbonyl (C=O) groups excluding carboxylic acids is 2. The number of ether oxygens (including phenoxy) is 2. The Labute approximate surface area is 190 Å². The maximum Gasteiger partial charge on any atom is 0.308 e. The summed E-state index contributed by atoms with van der Waals surface area (Å²) in [6, 6.07) is 11.6. The number of rotatable bonds is 9. The van der Waals surface area contributed by atoms with Gasteiger partial charge in [-0.1, -0.05) is 36.4 Å². The maximum atomic E-state index is 11.5. The standard InChI is InChI=1S/C28H30O4/c1-7-11-23-17-21(13-15-27(23)31-19(5)29)25(9-3)26(10-4)22-14-16-28(32-20(6)30)24(18-22)12-8-2/h7-10,13-18H,1-2,11-12H2,3-6H3/b25-9-,26-10+.